The first kappa shape index (κ1) is 12.4. The number of aromatic nitrogens is 1. The first-order valence-corrected chi connectivity index (χ1v) is 5.85. The van der Waals surface area contributed by atoms with Crippen molar-refractivity contribution in [2.75, 3.05) is 5.32 Å². The number of anilines is 1. The van der Waals surface area contributed by atoms with Gasteiger partial charge in [0, 0.05) is 16.7 Å². The number of rotatable bonds is 2. The van der Waals surface area contributed by atoms with Crippen molar-refractivity contribution < 1.29 is 9.90 Å². The molecule has 0 saturated heterocycles. The largest absolute Gasteiger partial charge is 0.507 e. The molecule has 18 heavy (non-hydrogen) atoms. The molecule has 0 saturated carbocycles. The Morgan fingerprint density at radius 3 is 2.72 bits per heavy atom. The third kappa shape index (κ3) is 2.60. The van der Waals surface area contributed by atoms with Gasteiger partial charge < -0.3 is 15.4 Å². The molecule has 0 unspecified atom stereocenters. The van der Waals surface area contributed by atoms with E-state index in [-0.39, 0.29) is 11.3 Å². The minimum atomic E-state index is -0.504. The maximum Gasteiger partial charge on any atom is 0.260 e. The fourth-order valence-corrected chi connectivity index (χ4v) is 1.78. The number of carbonyl (C=O) groups is 1. The van der Waals surface area contributed by atoms with Crippen LogP contribution in [0.1, 0.15) is 10.4 Å². The molecule has 0 atom stereocenters. The summed E-state index contributed by atoms with van der Waals surface area (Å²) in [6.45, 7) is 0. The number of carbonyl (C=O) groups excluding carboxylic acids is 1. The van der Waals surface area contributed by atoms with E-state index in [1.165, 1.54) is 6.20 Å². The summed E-state index contributed by atoms with van der Waals surface area (Å²) in [7, 11) is 0. The van der Waals surface area contributed by atoms with Gasteiger partial charge in [0.25, 0.3) is 11.5 Å². The minimum Gasteiger partial charge on any atom is -0.507 e. The van der Waals surface area contributed by atoms with Crippen LogP contribution in [0, 0.1) is 0 Å². The first-order valence-electron chi connectivity index (χ1n) is 5.05. The van der Waals surface area contributed by atoms with Crippen LogP contribution in [0.5, 0.6) is 5.75 Å². The van der Waals surface area contributed by atoms with Gasteiger partial charge in [0.15, 0.2) is 0 Å². The third-order valence-corrected chi connectivity index (χ3v) is 2.96. The summed E-state index contributed by atoms with van der Waals surface area (Å²) < 4.78 is 0.724. The molecule has 0 aliphatic heterocycles. The zero-order valence-electron chi connectivity index (χ0n) is 9.11. The average Bonchev–Trinajstić information content (AvgIpc) is 2.32. The van der Waals surface area contributed by atoms with Crippen molar-refractivity contribution in [1.29, 1.82) is 0 Å². The zero-order chi connectivity index (χ0) is 13.1. The summed E-state index contributed by atoms with van der Waals surface area (Å²) in [6, 6.07) is 8.03. The van der Waals surface area contributed by atoms with Crippen LogP contribution in [0.4, 0.5) is 5.69 Å². The molecule has 0 radical (unpaired) electrons. The van der Waals surface area contributed by atoms with Gasteiger partial charge in [0.2, 0.25) is 0 Å². The van der Waals surface area contributed by atoms with Crippen LogP contribution >= 0.6 is 15.9 Å². The Bertz CT molecular complexity index is 652. The van der Waals surface area contributed by atoms with E-state index in [1.54, 1.807) is 18.2 Å². The second kappa shape index (κ2) is 5.05. The van der Waals surface area contributed by atoms with Crippen molar-refractivity contribution in [3.63, 3.8) is 0 Å². The van der Waals surface area contributed by atoms with E-state index in [0.717, 1.165) is 10.5 Å². The smallest absolute Gasteiger partial charge is 0.260 e. The van der Waals surface area contributed by atoms with Crippen molar-refractivity contribution in [2.45, 2.75) is 0 Å². The highest BCUT2D eigenvalue weighted by molar-refractivity contribution is 9.10. The zero-order valence-corrected chi connectivity index (χ0v) is 10.7. The van der Waals surface area contributed by atoms with E-state index >= 15 is 0 Å². The van der Waals surface area contributed by atoms with Gasteiger partial charge in [0.05, 0.1) is 11.3 Å². The van der Waals surface area contributed by atoms with Gasteiger partial charge in [-0.15, -0.1) is 0 Å². The second-order valence-electron chi connectivity index (χ2n) is 3.53. The van der Waals surface area contributed by atoms with E-state index in [9.17, 15) is 14.7 Å². The summed E-state index contributed by atoms with van der Waals surface area (Å²) in [6.07, 6.45) is 1.17. The lowest BCUT2D eigenvalue weighted by Crippen LogP contribution is -2.15. The highest BCUT2D eigenvalue weighted by atomic mass is 79.9. The quantitative estimate of drug-likeness (QED) is 0.794. The highest BCUT2D eigenvalue weighted by Crippen LogP contribution is 2.23. The first-order chi connectivity index (χ1) is 8.58. The van der Waals surface area contributed by atoms with Crippen LogP contribution in [0.3, 0.4) is 0 Å². The van der Waals surface area contributed by atoms with Gasteiger partial charge >= 0.3 is 0 Å². The number of H-pyrrole nitrogens is 1. The maximum absolute atomic E-state index is 11.9. The van der Waals surface area contributed by atoms with Crippen LogP contribution in [0.25, 0.3) is 0 Å². The molecule has 0 bridgehead atoms. The van der Waals surface area contributed by atoms with E-state index < -0.39 is 11.5 Å². The number of aromatic hydroxyl groups is 1. The van der Waals surface area contributed by atoms with Gasteiger partial charge in [-0.25, -0.2) is 0 Å². The van der Waals surface area contributed by atoms with Gasteiger partial charge in [-0.1, -0.05) is 12.1 Å². The van der Waals surface area contributed by atoms with Crippen LogP contribution < -0.4 is 10.9 Å². The summed E-state index contributed by atoms with van der Waals surface area (Å²) in [5.74, 6) is -0.862. The summed E-state index contributed by atoms with van der Waals surface area (Å²) in [5, 5.41) is 12.1. The molecule has 1 amide bonds. The Kier molecular flexibility index (Phi) is 3.47. The van der Waals surface area contributed by atoms with Gasteiger partial charge in [-0.05, 0) is 28.1 Å². The van der Waals surface area contributed by atoms with Crippen molar-refractivity contribution >= 4 is 27.5 Å². The molecule has 2 aromatic rings. The molecule has 2 rings (SSSR count). The fraction of sp³-hybridized carbons (Fsp3) is 0. The summed E-state index contributed by atoms with van der Waals surface area (Å²) in [5.41, 5.74) is 0.114. The molecule has 0 fully saturated rings. The summed E-state index contributed by atoms with van der Waals surface area (Å²) in [4.78, 5) is 25.1. The number of hydrogen-bond donors (Lipinski definition) is 3. The molecule has 1 aromatic heterocycles. The van der Waals surface area contributed by atoms with Gasteiger partial charge in [-0.3, -0.25) is 9.59 Å². The predicted octanol–water partition coefficient (Wildman–Crippen LogP) is 2.10. The average molecular weight is 309 g/mol. The number of benzene rings is 1. The Labute approximate surface area is 111 Å². The molecule has 6 heteroatoms. The predicted molar refractivity (Wildman–Crippen MR) is 70.8 cm³/mol. The van der Waals surface area contributed by atoms with Crippen LogP contribution in [0.15, 0.2) is 45.8 Å². The maximum atomic E-state index is 11.9. The van der Waals surface area contributed by atoms with Gasteiger partial charge in [0.1, 0.15) is 5.75 Å². The molecule has 1 aromatic carbocycles. The van der Waals surface area contributed by atoms with Crippen molar-refractivity contribution in [1.82, 2.24) is 4.98 Å². The van der Waals surface area contributed by atoms with E-state index in [1.807, 2.05) is 6.07 Å². The number of nitrogens with one attached hydrogen (secondary N) is 2. The Balaban J connectivity index is 2.28. The molecule has 92 valence electrons. The number of aromatic amines is 1. The number of amides is 1. The van der Waals surface area contributed by atoms with Gasteiger partial charge in [-0.2, -0.15) is 0 Å². The molecule has 1 heterocycles. The lowest BCUT2D eigenvalue weighted by molar-refractivity contribution is 0.102. The Morgan fingerprint density at radius 2 is 2.06 bits per heavy atom. The molecule has 0 aliphatic carbocycles. The van der Waals surface area contributed by atoms with Crippen molar-refractivity contribution in [2.24, 2.45) is 0 Å². The molecular formula is C12H9BrN2O3. The van der Waals surface area contributed by atoms with Crippen LogP contribution in [-0.2, 0) is 0 Å². The number of pyridine rings is 1. The molecule has 0 aliphatic rings. The van der Waals surface area contributed by atoms with Crippen LogP contribution in [-0.4, -0.2) is 16.0 Å². The third-order valence-electron chi connectivity index (χ3n) is 2.27. The number of halogens is 1. The Hall–Kier alpha value is -2.08. The fourth-order valence-electron chi connectivity index (χ4n) is 1.39. The summed E-state index contributed by atoms with van der Waals surface area (Å²) >= 11 is 3.29. The monoisotopic (exact) mass is 308 g/mol. The second-order valence-corrected chi connectivity index (χ2v) is 4.38. The topological polar surface area (TPSA) is 82.2 Å². The lowest BCUT2D eigenvalue weighted by atomic mass is 10.2. The number of para-hydroxylation sites is 1. The molecule has 3 N–H and O–H groups in total. The van der Waals surface area contributed by atoms with Crippen molar-refractivity contribution in [3.05, 3.63) is 56.9 Å². The van der Waals surface area contributed by atoms with E-state index in [2.05, 4.69) is 26.2 Å². The van der Waals surface area contributed by atoms with Crippen molar-refractivity contribution in [3.8, 4) is 5.75 Å². The molecular weight excluding hydrogens is 300 g/mol. The standard InChI is InChI=1S/C12H9BrN2O3/c13-8-3-1-2-4-9(8)15-12(18)7-6-14-11(17)5-10(7)16/h1-6H,(H,15,18)(H2,14,16,17). The normalized spacial score (nSPS) is 10.1. The Morgan fingerprint density at radius 1 is 1.33 bits per heavy atom. The van der Waals surface area contributed by atoms with Crippen LogP contribution in [0.2, 0.25) is 0 Å². The SMILES string of the molecule is O=C(Nc1ccccc1Br)c1c[nH]c(=O)cc1O. The lowest BCUT2D eigenvalue weighted by Gasteiger charge is -2.07. The molecule has 5 nitrogen and oxygen atoms in total. The molecule has 0 spiro atoms. The van der Waals surface area contributed by atoms with E-state index in [4.69, 9.17) is 0 Å². The van der Waals surface area contributed by atoms with E-state index in [0.29, 0.717) is 5.69 Å². The minimum absolute atomic E-state index is 0.00496. The number of hydrogen-bond acceptors (Lipinski definition) is 3. The highest BCUT2D eigenvalue weighted by Gasteiger charge is 2.12.